The Balaban J connectivity index is 2.54. The first-order valence-electron chi connectivity index (χ1n) is 7.12. The summed E-state index contributed by atoms with van der Waals surface area (Å²) in [7, 11) is 4.29. The summed E-state index contributed by atoms with van der Waals surface area (Å²) < 4.78 is 16.1. The first-order valence-corrected chi connectivity index (χ1v) is 7.91. The van der Waals surface area contributed by atoms with E-state index in [-0.39, 0.29) is 12.2 Å². The lowest BCUT2D eigenvalue weighted by atomic mass is 9.96. The summed E-state index contributed by atoms with van der Waals surface area (Å²) in [4.78, 5) is 24.5. The number of rotatable bonds is 6. The highest BCUT2D eigenvalue weighted by molar-refractivity contribution is 9.10. The van der Waals surface area contributed by atoms with E-state index in [9.17, 15) is 9.59 Å². The van der Waals surface area contributed by atoms with E-state index in [1.165, 1.54) is 21.3 Å². The number of halogens is 1. The Kier molecular flexibility index (Phi) is 5.98. The van der Waals surface area contributed by atoms with Gasteiger partial charge in [0.15, 0.2) is 17.3 Å². The third-order valence-corrected chi connectivity index (χ3v) is 4.05. The molecular formula is C18H17BrO5. The molecule has 2 rings (SSSR count). The Morgan fingerprint density at radius 3 is 2.08 bits per heavy atom. The van der Waals surface area contributed by atoms with Crippen molar-refractivity contribution in [1.29, 1.82) is 0 Å². The van der Waals surface area contributed by atoms with Crippen LogP contribution in [0.2, 0.25) is 0 Å². The second-order valence-corrected chi connectivity index (χ2v) is 5.87. The second kappa shape index (κ2) is 7.97. The molecule has 2 aromatic carbocycles. The summed E-state index contributed by atoms with van der Waals surface area (Å²) in [5, 5.41) is 0. The van der Waals surface area contributed by atoms with Crippen LogP contribution < -0.4 is 9.47 Å². The van der Waals surface area contributed by atoms with Crippen molar-refractivity contribution in [2.75, 3.05) is 21.3 Å². The minimum Gasteiger partial charge on any atom is -0.493 e. The molecule has 0 saturated carbocycles. The van der Waals surface area contributed by atoms with E-state index in [4.69, 9.17) is 14.2 Å². The van der Waals surface area contributed by atoms with Crippen molar-refractivity contribution in [1.82, 2.24) is 0 Å². The van der Waals surface area contributed by atoms with E-state index < -0.39 is 5.97 Å². The van der Waals surface area contributed by atoms with E-state index in [1.807, 2.05) is 0 Å². The van der Waals surface area contributed by atoms with Crippen LogP contribution in [0.25, 0.3) is 0 Å². The van der Waals surface area contributed by atoms with E-state index in [2.05, 4.69) is 15.9 Å². The molecule has 5 nitrogen and oxygen atoms in total. The first kappa shape index (κ1) is 18.0. The van der Waals surface area contributed by atoms with Crippen LogP contribution in [0.4, 0.5) is 0 Å². The normalized spacial score (nSPS) is 10.2. The lowest BCUT2D eigenvalue weighted by Crippen LogP contribution is -2.12. The number of esters is 1. The predicted octanol–water partition coefficient (Wildman–Crippen LogP) is 3.41. The molecule has 2 aromatic rings. The summed E-state index contributed by atoms with van der Waals surface area (Å²) in [6, 6.07) is 10.2. The molecule has 0 saturated heterocycles. The van der Waals surface area contributed by atoms with Crippen molar-refractivity contribution < 1.29 is 23.8 Å². The van der Waals surface area contributed by atoms with Crippen LogP contribution in [-0.4, -0.2) is 33.1 Å². The van der Waals surface area contributed by atoms with Gasteiger partial charge in [0, 0.05) is 15.6 Å². The highest BCUT2D eigenvalue weighted by Gasteiger charge is 2.20. The van der Waals surface area contributed by atoms with Gasteiger partial charge in [-0.05, 0) is 42.0 Å². The number of ketones is 1. The molecule has 0 spiro atoms. The Bertz CT molecular complexity index is 753. The lowest BCUT2D eigenvalue weighted by molar-refractivity contribution is -0.139. The van der Waals surface area contributed by atoms with Crippen molar-refractivity contribution in [3.63, 3.8) is 0 Å². The zero-order chi connectivity index (χ0) is 17.7. The van der Waals surface area contributed by atoms with E-state index in [0.717, 1.165) is 4.47 Å². The van der Waals surface area contributed by atoms with Gasteiger partial charge in [0.1, 0.15) is 0 Å². The molecule has 0 N–H and O–H groups in total. The number of hydrogen-bond donors (Lipinski definition) is 0. The zero-order valence-corrected chi connectivity index (χ0v) is 15.2. The molecule has 0 aliphatic rings. The van der Waals surface area contributed by atoms with Crippen LogP contribution in [0, 0.1) is 0 Å². The smallest absolute Gasteiger partial charge is 0.310 e. The standard InChI is InChI=1S/C18H17BrO5/c1-22-15-8-12(9-17(20)24-3)14(10-16(15)23-2)18(21)11-4-6-13(19)7-5-11/h4-8,10H,9H2,1-3H3. The average molecular weight is 393 g/mol. The molecular weight excluding hydrogens is 376 g/mol. The largest absolute Gasteiger partial charge is 0.493 e. The maximum absolute atomic E-state index is 12.9. The summed E-state index contributed by atoms with van der Waals surface area (Å²) in [5.74, 6) is 0.227. The van der Waals surface area contributed by atoms with Crippen molar-refractivity contribution >= 4 is 27.7 Å². The van der Waals surface area contributed by atoms with Crippen molar-refractivity contribution in [2.45, 2.75) is 6.42 Å². The Morgan fingerprint density at radius 1 is 0.958 bits per heavy atom. The fraction of sp³-hybridized carbons (Fsp3) is 0.222. The molecule has 0 aliphatic heterocycles. The van der Waals surface area contributed by atoms with Gasteiger partial charge in [0.2, 0.25) is 0 Å². The van der Waals surface area contributed by atoms with Gasteiger partial charge in [0.05, 0.1) is 27.8 Å². The maximum atomic E-state index is 12.9. The molecule has 6 heteroatoms. The molecule has 0 aliphatic carbocycles. The minimum atomic E-state index is -0.438. The van der Waals surface area contributed by atoms with Gasteiger partial charge < -0.3 is 14.2 Å². The molecule has 0 amide bonds. The topological polar surface area (TPSA) is 61.8 Å². The SMILES string of the molecule is COC(=O)Cc1cc(OC)c(OC)cc1C(=O)c1ccc(Br)cc1. The van der Waals surface area contributed by atoms with Crippen LogP contribution in [0.15, 0.2) is 40.9 Å². The second-order valence-electron chi connectivity index (χ2n) is 4.95. The molecule has 0 fully saturated rings. The van der Waals surface area contributed by atoms with Gasteiger partial charge in [-0.15, -0.1) is 0 Å². The first-order chi connectivity index (χ1) is 11.5. The van der Waals surface area contributed by atoms with Gasteiger partial charge in [-0.1, -0.05) is 15.9 Å². The van der Waals surface area contributed by atoms with Gasteiger partial charge in [-0.2, -0.15) is 0 Å². The summed E-state index contributed by atoms with van der Waals surface area (Å²) in [6.07, 6.45) is -0.0333. The fourth-order valence-electron chi connectivity index (χ4n) is 2.26. The number of ether oxygens (including phenoxy) is 3. The molecule has 0 unspecified atom stereocenters. The lowest BCUT2D eigenvalue weighted by Gasteiger charge is -2.14. The molecule has 0 atom stereocenters. The number of carbonyl (C=O) groups is 2. The molecule has 0 radical (unpaired) electrons. The molecule has 0 heterocycles. The number of benzene rings is 2. The van der Waals surface area contributed by atoms with Crippen LogP contribution in [0.3, 0.4) is 0 Å². The van der Waals surface area contributed by atoms with Crippen LogP contribution in [0.1, 0.15) is 21.5 Å². The number of hydrogen-bond acceptors (Lipinski definition) is 5. The van der Waals surface area contributed by atoms with Crippen LogP contribution >= 0.6 is 15.9 Å². The van der Waals surface area contributed by atoms with Gasteiger partial charge >= 0.3 is 5.97 Å². The third kappa shape index (κ3) is 3.94. The molecule has 0 aromatic heterocycles. The van der Waals surface area contributed by atoms with Crippen molar-refractivity contribution in [2.24, 2.45) is 0 Å². The highest BCUT2D eigenvalue weighted by atomic mass is 79.9. The average Bonchev–Trinajstić information content (AvgIpc) is 2.61. The summed E-state index contributed by atoms with van der Waals surface area (Å²) in [6.45, 7) is 0. The van der Waals surface area contributed by atoms with E-state index >= 15 is 0 Å². The highest BCUT2D eigenvalue weighted by Crippen LogP contribution is 2.32. The number of carbonyl (C=O) groups excluding carboxylic acids is 2. The molecule has 126 valence electrons. The minimum absolute atomic E-state index is 0.0333. The number of methoxy groups -OCH3 is 3. The quantitative estimate of drug-likeness (QED) is 0.556. The van der Waals surface area contributed by atoms with Gasteiger partial charge in [-0.25, -0.2) is 0 Å². The predicted molar refractivity (Wildman–Crippen MR) is 92.8 cm³/mol. The fourth-order valence-corrected chi connectivity index (χ4v) is 2.53. The van der Waals surface area contributed by atoms with Crippen LogP contribution in [0.5, 0.6) is 11.5 Å². The van der Waals surface area contributed by atoms with E-state index in [1.54, 1.807) is 36.4 Å². The van der Waals surface area contributed by atoms with Crippen molar-refractivity contribution in [3.8, 4) is 11.5 Å². The van der Waals surface area contributed by atoms with Crippen LogP contribution in [-0.2, 0) is 16.0 Å². The van der Waals surface area contributed by atoms with Crippen molar-refractivity contribution in [3.05, 3.63) is 57.6 Å². The van der Waals surface area contributed by atoms with Gasteiger partial charge in [-0.3, -0.25) is 9.59 Å². The van der Waals surface area contributed by atoms with E-state index in [0.29, 0.717) is 28.2 Å². The Labute approximate surface area is 148 Å². The monoisotopic (exact) mass is 392 g/mol. The van der Waals surface area contributed by atoms with Gasteiger partial charge in [0.25, 0.3) is 0 Å². The molecule has 24 heavy (non-hydrogen) atoms. The summed E-state index contributed by atoms with van der Waals surface area (Å²) >= 11 is 3.34. The zero-order valence-electron chi connectivity index (χ0n) is 13.6. The molecule has 0 bridgehead atoms. The summed E-state index contributed by atoms with van der Waals surface area (Å²) in [5.41, 5.74) is 1.41. The maximum Gasteiger partial charge on any atom is 0.310 e. The Hall–Kier alpha value is -2.34. The Morgan fingerprint density at radius 2 is 1.54 bits per heavy atom. The third-order valence-electron chi connectivity index (χ3n) is 3.52.